The quantitative estimate of drug-likeness (QED) is 0.158. The molecule has 0 aliphatic heterocycles. The minimum Gasteiger partial charge on any atom is -0.313 e. The van der Waals surface area contributed by atoms with Crippen molar-refractivity contribution in [3.63, 3.8) is 0 Å². The van der Waals surface area contributed by atoms with Crippen LogP contribution in [0.4, 0.5) is 0 Å². The second-order valence-electron chi connectivity index (χ2n) is 17.4. The fourth-order valence-electron chi connectivity index (χ4n) is 11.5. The number of hydrogen-bond acceptors (Lipinski definition) is 0. The number of hydrogen-bond donors (Lipinski definition) is 0. The van der Waals surface area contributed by atoms with Crippen LogP contribution in [0.15, 0.2) is 235 Å². The van der Waals surface area contributed by atoms with Crippen LogP contribution in [0.3, 0.4) is 0 Å². The molecule has 2 heterocycles. The number of rotatable bonds is 6. The third-order valence-electron chi connectivity index (χ3n) is 14.3. The van der Waals surface area contributed by atoms with Crippen LogP contribution in [0.1, 0.15) is 42.4 Å². The molecule has 0 saturated heterocycles. The maximum atomic E-state index is 2.48. The zero-order valence-electron chi connectivity index (χ0n) is 35.0. The highest BCUT2D eigenvalue weighted by Gasteiger charge is 2.47. The van der Waals surface area contributed by atoms with Crippen LogP contribution >= 0.6 is 0 Å². The van der Waals surface area contributed by atoms with E-state index in [-0.39, 0.29) is 5.41 Å². The number of para-hydroxylation sites is 4. The molecule has 8 aromatic carbocycles. The summed E-state index contributed by atoms with van der Waals surface area (Å²) in [5.74, 6) is 0. The van der Waals surface area contributed by atoms with E-state index >= 15 is 0 Å². The van der Waals surface area contributed by atoms with Crippen LogP contribution in [-0.4, -0.2) is 9.13 Å². The largest absolute Gasteiger partial charge is 0.313 e. The maximum Gasteiger partial charge on any atom is 0.0676 e. The molecule has 0 fully saturated rings. The lowest BCUT2D eigenvalue weighted by molar-refractivity contribution is 0.684. The van der Waals surface area contributed by atoms with Crippen molar-refractivity contribution in [2.75, 3.05) is 0 Å². The van der Waals surface area contributed by atoms with Gasteiger partial charge in [0, 0.05) is 32.9 Å². The van der Waals surface area contributed by atoms with E-state index in [1.165, 1.54) is 111 Å². The Labute approximate surface area is 367 Å². The van der Waals surface area contributed by atoms with Crippen molar-refractivity contribution in [3.05, 3.63) is 252 Å². The molecule has 298 valence electrons. The average Bonchev–Trinajstić information content (AvgIpc) is 3.99. The highest BCUT2D eigenvalue weighted by Crippen LogP contribution is 2.58. The molecule has 0 bridgehead atoms. The van der Waals surface area contributed by atoms with Crippen LogP contribution in [-0.2, 0) is 5.41 Å². The summed E-state index contributed by atoms with van der Waals surface area (Å²) in [7, 11) is 0. The Bertz CT molecular complexity index is 3450. The first-order valence-electron chi connectivity index (χ1n) is 22.4. The van der Waals surface area contributed by atoms with Gasteiger partial charge in [-0.05, 0) is 118 Å². The summed E-state index contributed by atoms with van der Waals surface area (Å²) in [6.07, 6.45) is 13.8. The lowest BCUT2D eigenvalue weighted by atomic mass is 9.64. The lowest BCUT2D eigenvalue weighted by Gasteiger charge is -2.37. The molecule has 0 unspecified atom stereocenters. The molecule has 2 nitrogen and oxygen atoms in total. The molecule has 0 atom stereocenters. The number of nitrogens with zero attached hydrogens (tertiary/aromatic N) is 2. The van der Waals surface area contributed by atoms with Gasteiger partial charge in [0.25, 0.3) is 0 Å². The first-order valence-corrected chi connectivity index (χ1v) is 22.4. The van der Waals surface area contributed by atoms with Crippen LogP contribution < -0.4 is 0 Å². The van der Waals surface area contributed by atoms with Gasteiger partial charge in [-0.15, -0.1) is 0 Å². The van der Waals surface area contributed by atoms with Crippen molar-refractivity contribution in [1.29, 1.82) is 0 Å². The van der Waals surface area contributed by atoms with Gasteiger partial charge >= 0.3 is 0 Å². The highest BCUT2D eigenvalue weighted by molar-refractivity contribution is 6.10. The first-order chi connectivity index (χ1) is 31.3. The molecule has 13 rings (SSSR count). The fourth-order valence-corrected chi connectivity index (χ4v) is 11.5. The topological polar surface area (TPSA) is 9.86 Å². The van der Waals surface area contributed by atoms with Gasteiger partial charge < -0.3 is 9.13 Å². The Morgan fingerprint density at radius 1 is 0.333 bits per heavy atom. The lowest BCUT2D eigenvalue weighted by Crippen LogP contribution is -2.30. The summed E-state index contributed by atoms with van der Waals surface area (Å²) in [4.78, 5) is 0. The summed E-state index contributed by atoms with van der Waals surface area (Å²) in [5.41, 5.74) is 20.8. The third-order valence-corrected chi connectivity index (χ3v) is 14.3. The van der Waals surface area contributed by atoms with E-state index < -0.39 is 0 Å². The first kappa shape index (κ1) is 36.0. The third kappa shape index (κ3) is 5.38. The molecule has 0 radical (unpaired) electrons. The molecule has 2 aromatic heterocycles. The molecule has 10 aromatic rings. The van der Waals surface area contributed by atoms with Gasteiger partial charge in [0.15, 0.2) is 0 Å². The highest BCUT2D eigenvalue weighted by atomic mass is 15.0. The van der Waals surface area contributed by atoms with E-state index in [0.717, 1.165) is 25.7 Å². The van der Waals surface area contributed by atoms with Crippen LogP contribution in [0.25, 0.3) is 77.2 Å². The predicted octanol–water partition coefficient (Wildman–Crippen LogP) is 15.8. The Morgan fingerprint density at radius 3 is 1.24 bits per heavy atom. The van der Waals surface area contributed by atoms with E-state index in [9.17, 15) is 0 Å². The molecule has 3 aliphatic carbocycles. The summed E-state index contributed by atoms with van der Waals surface area (Å²) in [5, 5.41) is 5.20. The van der Waals surface area contributed by atoms with Crippen LogP contribution in [0, 0.1) is 0 Å². The summed E-state index contributed by atoms with van der Waals surface area (Å²) >= 11 is 0. The minimum absolute atomic E-state index is 0.376. The molecular formula is C61H44N2. The minimum atomic E-state index is -0.376. The van der Waals surface area contributed by atoms with E-state index in [1.54, 1.807) is 0 Å². The van der Waals surface area contributed by atoms with Crippen molar-refractivity contribution in [3.8, 4) is 27.9 Å². The van der Waals surface area contributed by atoms with Crippen molar-refractivity contribution < 1.29 is 0 Å². The molecule has 0 spiro atoms. The number of aromatic nitrogens is 2. The Morgan fingerprint density at radius 2 is 0.762 bits per heavy atom. The SMILES string of the molecule is C1=C(C2=CC=C(C3(c4ccc(-c5ccc(-n6c7ccccc7c7ccccc76)cc5)cc4)c4ccccc4-c4ccccc43)CC2)CCC(n2c3ccccc3c3ccccc32)=C1. The Hall–Kier alpha value is -7.68. The number of allylic oxidation sites excluding steroid dienone is 8. The zero-order chi connectivity index (χ0) is 41.5. The molecule has 2 heteroatoms. The van der Waals surface area contributed by atoms with Crippen molar-refractivity contribution in [2.24, 2.45) is 0 Å². The number of benzene rings is 8. The zero-order valence-corrected chi connectivity index (χ0v) is 35.0. The molecular weight excluding hydrogens is 761 g/mol. The monoisotopic (exact) mass is 804 g/mol. The predicted molar refractivity (Wildman–Crippen MR) is 264 cm³/mol. The van der Waals surface area contributed by atoms with E-state index in [4.69, 9.17) is 0 Å². The molecule has 3 aliphatic rings. The van der Waals surface area contributed by atoms with Gasteiger partial charge in [-0.3, -0.25) is 0 Å². The van der Waals surface area contributed by atoms with Crippen molar-refractivity contribution >= 4 is 49.3 Å². The van der Waals surface area contributed by atoms with Crippen LogP contribution in [0.2, 0.25) is 0 Å². The second kappa shape index (κ2) is 14.2. The number of fused-ring (bicyclic) bond motifs is 9. The fraction of sp³-hybridized carbons (Fsp3) is 0.0820. The Balaban J connectivity index is 0.870. The Kier molecular flexibility index (Phi) is 8.11. The van der Waals surface area contributed by atoms with Gasteiger partial charge in [0.05, 0.1) is 27.5 Å². The average molecular weight is 805 g/mol. The second-order valence-corrected chi connectivity index (χ2v) is 17.4. The normalized spacial score (nSPS) is 15.6. The molecule has 63 heavy (non-hydrogen) atoms. The van der Waals surface area contributed by atoms with Crippen LogP contribution in [0.5, 0.6) is 0 Å². The smallest absolute Gasteiger partial charge is 0.0676 e. The summed E-state index contributed by atoms with van der Waals surface area (Å²) < 4.78 is 4.87. The van der Waals surface area contributed by atoms with Gasteiger partial charge in [0.2, 0.25) is 0 Å². The van der Waals surface area contributed by atoms with Crippen molar-refractivity contribution in [2.45, 2.75) is 31.1 Å². The van der Waals surface area contributed by atoms with Gasteiger partial charge in [0.1, 0.15) is 0 Å². The summed E-state index contributed by atoms with van der Waals surface area (Å²) in [6, 6.07) is 71.9. The standard InChI is InChI=1S/C61H44N2/c1-7-19-55-49(13-1)50-14-2-8-20-56(50)61(55,45-33-25-41(26-34-45)43-29-37-47(38-30-43)62-57-21-9-3-15-51(57)52-16-4-10-22-58(52)62)46-35-27-42(28-36-46)44-31-39-48(40-32-44)63-59-23-11-5-17-53(59)54-18-6-12-24-60(54)63/h1-27,29-31,33-35,37-39H,28,32,36,40H2. The maximum absolute atomic E-state index is 2.48. The van der Waals surface area contributed by atoms with E-state index in [0.29, 0.717) is 0 Å². The van der Waals surface area contributed by atoms with E-state index in [1.807, 2.05) is 0 Å². The molecule has 0 N–H and O–H groups in total. The van der Waals surface area contributed by atoms with Crippen molar-refractivity contribution in [1.82, 2.24) is 9.13 Å². The van der Waals surface area contributed by atoms with E-state index in [2.05, 4.69) is 228 Å². The van der Waals surface area contributed by atoms with Gasteiger partial charge in [-0.1, -0.05) is 182 Å². The summed E-state index contributed by atoms with van der Waals surface area (Å²) in [6.45, 7) is 0. The van der Waals surface area contributed by atoms with Gasteiger partial charge in [-0.2, -0.15) is 0 Å². The molecule has 0 amide bonds. The van der Waals surface area contributed by atoms with Gasteiger partial charge in [-0.25, -0.2) is 0 Å². The molecule has 0 saturated carbocycles.